The van der Waals surface area contributed by atoms with E-state index in [4.69, 9.17) is 9.47 Å². The molecular formula is C19H23FN2O2. The van der Waals surface area contributed by atoms with Gasteiger partial charge in [-0.2, -0.15) is 0 Å². The third kappa shape index (κ3) is 3.52. The van der Waals surface area contributed by atoms with Gasteiger partial charge >= 0.3 is 0 Å². The van der Waals surface area contributed by atoms with Crippen molar-refractivity contribution in [2.75, 3.05) is 40.4 Å². The molecule has 1 unspecified atom stereocenters. The van der Waals surface area contributed by atoms with E-state index in [2.05, 4.69) is 16.3 Å². The first kappa shape index (κ1) is 16.7. The molecule has 0 aromatic heterocycles. The molecule has 0 spiro atoms. The van der Waals surface area contributed by atoms with E-state index >= 15 is 0 Å². The molecule has 4 nitrogen and oxygen atoms in total. The van der Waals surface area contributed by atoms with Crippen molar-refractivity contribution in [3.8, 4) is 11.5 Å². The van der Waals surface area contributed by atoms with E-state index in [1.165, 1.54) is 12.1 Å². The molecule has 2 aromatic rings. The Balaban J connectivity index is 2.01. The number of hydrogen-bond donors (Lipinski definition) is 1. The molecule has 1 heterocycles. The summed E-state index contributed by atoms with van der Waals surface area (Å²) in [4.78, 5) is 2.41. The van der Waals surface area contributed by atoms with Crippen molar-refractivity contribution in [2.24, 2.45) is 0 Å². The van der Waals surface area contributed by atoms with Crippen LogP contribution in [0.4, 0.5) is 4.39 Å². The van der Waals surface area contributed by atoms with E-state index in [9.17, 15) is 4.39 Å². The Labute approximate surface area is 142 Å². The predicted molar refractivity (Wildman–Crippen MR) is 92.2 cm³/mol. The van der Waals surface area contributed by atoms with Gasteiger partial charge in [-0.15, -0.1) is 0 Å². The van der Waals surface area contributed by atoms with Crippen molar-refractivity contribution >= 4 is 0 Å². The number of ether oxygens (including phenoxy) is 2. The Morgan fingerprint density at radius 2 is 1.54 bits per heavy atom. The average molecular weight is 330 g/mol. The van der Waals surface area contributed by atoms with Crippen LogP contribution in [-0.4, -0.2) is 45.3 Å². The van der Waals surface area contributed by atoms with Crippen LogP contribution < -0.4 is 14.8 Å². The van der Waals surface area contributed by atoms with Crippen LogP contribution in [0.1, 0.15) is 17.2 Å². The van der Waals surface area contributed by atoms with Gasteiger partial charge in [0.25, 0.3) is 0 Å². The minimum absolute atomic E-state index is 0.0625. The monoisotopic (exact) mass is 330 g/mol. The molecule has 24 heavy (non-hydrogen) atoms. The largest absolute Gasteiger partial charge is 0.493 e. The smallest absolute Gasteiger partial charge is 0.161 e. The molecule has 1 atom stereocenters. The lowest BCUT2D eigenvalue weighted by Gasteiger charge is -2.35. The van der Waals surface area contributed by atoms with Gasteiger partial charge in [-0.05, 0) is 35.4 Å². The SMILES string of the molecule is COc1ccc(C(c2ccc(F)cc2)N2CCNCC2)cc1OC. The van der Waals surface area contributed by atoms with Gasteiger partial charge in [0.1, 0.15) is 5.82 Å². The maximum Gasteiger partial charge on any atom is 0.161 e. The third-order valence-electron chi connectivity index (χ3n) is 4.43. The normalized spacial score (nSPS) is 16.6. The number of halogens is 1. The van der Waals surface area contributed by atoms with Gasteiger partial charge in [-0.1, -0.05) is 18.2 Å². The molecular weight excluding hydrogens is 307 g/mol. The molecule has 0 radical (unpaired) electrons. The summed E-state index contributed by atoms with van der Waals surface area (Å²) in [5.41, 5.74) is 2.19. The van der Waals surface area contributed by atoms with E-state index in [0.29, 0.717) is 11.5 Å². The van der Waals surface area contributed by atoms with Crippen LogP contribution in [0, 0.1) is 5.82 Å². The lowest BCUT2D eigenvalue weighted by molar-refractivity contribution is 0.198. The summed E-state index contributed by atoms with van der Waals surface area (Å²) in [7, 11) is 3.27. The summed E-state index contributed by atoms with van der Waals surface area (Å²) >= 11 is 0. The van der Waals surface area contributed by atoms with Crippen molar-refractivity contribution in [3.05, 3.63) is 59.4 Å². The quantitative estimate of drug-likeness (QED) is 0.914. The number of hydrogen-bond acceptors (Lipinski definition) is 4. The minimum atomic E-state index is -0.217. The molecule has 0 aliphatic carbocycles. The molecule has 1 aliphatic rings. The van der Waals surface area contributed by atoms with Gasteiger partial charge in [0, 0.05) is 26.2 Å². The van der Waals surface area contributed by atoms with E-state index in [0.717, 1.165) is 37.3 Å². The summed E-state index contributed by atoms with van der Waals surface area (Å²) in [6.45, 7) is 3.78. The zero-order chi connectivity index (χ0) is 16.9. The number of piperazine rings is 1. The Bertz CT molecular complexity index is 670. The number of nitrogens with one attached hydrogen (secondary N) is 1. The second kappa shape index (κ2) is 7.64. The number of benzene rings is 2. The highest BCUT2D eigenvalue weighted by atomic mass is 19.1. The van der Waals surface area contributed by atoms with Crippen molar-refractivity contribution in [3.63, 3.8) is 0 Å². The van der Waals surface area contributed by atoms with Crippen LogP contribution in [0.15, 0.2) is 42.5 Å². The van der Waals surface area contributed by atoms with Crippen molar-refractivity contribution in [1.29, 1.82) is 0 Å². The Kier molecular flexibility index (Phi) is 5.33. The Hall–Kier alpha value is -2.11. The summed E-state index contributed by atoms with van der Waals surface area (Å²) in [5.74, 6) is 1.20. The number of methoxy groups -OCH3 is 2. The first-order chi connectivity index (χ1) is 11.7. The maximum absolute atomic E-state index is 13.4. The standard InChI is InChI=1S/C19H23FN2O2/c1-23-17-8-5-15(13-18(17)24-2)19(22-11-9-21-10-12-22)14-3-6-16(20)7-4-14/h3-8,13,19,21H,9-12H2,1-2H3. The van der Waals surface area contributed by atoms with E-state index in [-0.39, 0.29) is 11.9 Å². The van der Waals surface area contributed by atoms with Crippen molar-refractivity contribution in [1.82, 2.24) is 10.2 Å². The lowest BCUT2D eigenvalue weighted by atomic mass is 9.96. The molecule has 1 N–H and O–H groups in total. The fraction of sp³-hybridized carbons (Fsp3) is 0.368. The molecule has 1 saturated heterocycles. The molecule has 1 aliphatic heterocycles. The molecule has 128 valence electrons. The average Bonchev–Trinajstić information content (AvgIpc) is 2.64. The van der Waals surface area contributed by atoms with Crippen LogP contribution >= 0.6 is 0 Å². The minimum Gasteiger partial charge on any atom is -0.493 e. The van der Waals surface area contributed by atoms with Gasteiger partial charge < -0.3 is 14.8 Å². The van der Waals surface area contributed by atoms with Gasteiger partial charge in [-0.25, -0.2) is 4.39 Å². The molecule has 3 rings (SSSR count). The zero-order valence-corrected chi connectivity index (χ0v) is 14.1. The fourth-order valence-electron chi connectivity index (χ4n) is 3.22. The topological polar surface area (TPSA) is 33.7 Å². The van der Waals surface area contributed by atoms with E-state index in [1.54, 1.807) is 14.2 Å². The number of rotatable bonds is 5. The summed E-state index contributed by atoms with van der Waals surface area (Å²) < 4.78 is 24.1. The second-order valence-electron chi connectivity index (χ2n) is 5.85. The second-order valence-corrected chi connectivity index (χ2v) is 5.85. The molecule has 5 heteroatoms. The van der Waals surface area contributed by atoms with Crippen molar-refractivity contribution in [2.45, 2.75) is 6.04 Å². The number of nitrogens with zero attached hydrogens (tertiary/aromatic N) is 1. The highest BCUT2D eigenvalue weighted by Crippen LogP contribution is 2.35. The van der Waals surface area contributed by atoms with Crippen LogP contribution in [-0.2, 0) is 0 Å². The van der Waals surface area contributed by atoms with Crippen LogP contribution in [0.3, 0.4) is 0 Å². The van der Waals surface area contributed by atoms with Gasteiger partial charge in [0.15, 0.2) is 11.5 Å². The highest BCUT2D eigenvalue weighted by Gasteiger charge is 2.25. The fourth-order valence-corrected chi connectivity index (χ4v) is 3.22. The summed E-state index contributed by atoms with van der Waals surface area (Å²) in [6.07, 6.45) is 0. The van der Waals surface area contributed by atoms with Gasteiger partial charge in [0.2, 0.25) is 0 Å². The van der Waals surface area contributed by atoms with Gasteiger partial charge in [-0.3, -0.25) is 4.90 Å². The highest BCUT2D eigenvalue weighted by molar-refractivity contribution is 5.46. The summed E-state index contributed by atoms with van der Waals surface area (Å²) in [5, 5.41) is 3.38. The molecule has 0 bridgehead atoms. The van der Waals surface area contributed by atoms with Crippen molar-refractivity contribution < 1.29 is 13.9 Å². The Morgan fingerprint density at radius 1 is 0.917 bits per heavy atom. The van der Waals surface area contributed by atoms with E-state index in [1.807, 2.05) is 24.3 Å². The molecule has 1 fully saturated rings. The molecule has 2 aromatic carbocycles. The van der Waals surface area contributed by atoms with Crippen LogP contribution in [0.2, 0.25) is 0 Å². The van der Waals surface area contributed by atoms with E-state index < -0.39 is 0 Å². The van der Waals surface area contributed by atoms with Gasteiger partial charge in [0.05, 0.1) is 20.3 Å². The third-order valence-corrected chi connectivity index (χ3v) is 4.43. The first-order valence-corrected chi connectivity index (χ1v) is 8.15. The zero-order valence-electron chi connectivity index (χ0n) is 14.1. The lowest BCUT2D eigenvalue weighted by Crippen LogP contribution is -2.45. The molecule has 0 saturated carbocycles. The predicted octanol–water partition coefficient (Wildman–Crippen LogP) is 2.84. The van der Waals surface area contributed by atoms with Crippen LogP contribution in [0.5, 0.6) is 11.5 Å². The first-order valence-electron chi connectivity index (χ1n) is 8.15. The van der Waals surface area contributed by atoms with Crippen LogP contribution in [0.25, 0.3) is 0 Å². The summed E-state index contributed by atoms with van der Waals surface area (Å²) in [6, 6.07) is 12.8. The Morgan fingerprint density at radius 3 is 2.17 bits per heavy atom. The molecule has 0 amide bonds. The maximum atomic E-state index is 13.4.